The van der Waals surface area contributed by atoms with E-state index in [1.54, 1.807) is 25.3 Å². The quantitative estimate of drug-likeness (QED) is 0.812. The second kappa shape index (κ2) is 5.12. The number of para-hydroxylation sites is 1. The van der Waals surface area contributed by atoms with Gasteiger partial charge in [-0.3, -0.25) is 0 Å². The molecule has 1 aromatic carbocycles. The zero-order valence-corrected chi connectivity index (χ0v) is 9.29. The maximum absolute atomic E-state index is 14.5. The van der Waals surface area contributed by atoms with Gasteiger partial charge >= 0.3 is 0 Å². The van der Waals surface area contributed by atoms with Crippen LogP contribution in [0.5, 0.6) is 5.75 Å². The smallest absolute Gasteiger partial charge is 0.151 e. The number of hydrogen-bond donors (Lipinski definition) is 1. The number of hydrogen-bond acceptors (Lipinski definition) is 2. The third kappa shape index (κ3) is 2.48. The first kappa shape index (κ1) is 12.0. The van der Waals surface area contributed by atoms with E-state index in [0.717, 1.165) is 6.42 Å². The summed E-state index contributed by atoms with van der Waals surface area (Å²) >= 11 is 0. The largest absolute Gasteiger partial charge is 0.496 e. The normalized spacial score (nSPS) is 14.7. The van der Waals surface area contributed by atoms with Gasteiger partial charge in [-0.25, -0.2) is 4.39 Å². The molecule has 0 aromatic heterocycles. The first-order valence-corrected chi connectivity index (χ1v) is 5.20. The highest BCUT2D eigenvalue weighted by molar-refractivity contribution is 5.38. The molecule has 0 aliphatic carbocycles. The van der Waals surface area contributed by atoms with E-state index in [1.165, 1.54) is 0 Å². The van der Waals surface area contributed by atoms with Crippen molar-refractivity contribution < 1.29 is 9.13 Å². The number of alkyl halides is 1. The van der Waals surface area contributed by atoms with Crippen molar-refractivity contribution in [2.45, 2.75) is 25.4 Å². The lowest BCUT2D eigenvalue weighted by Gasteiger charge is -2.25. The summed E-state index contributed by atoms with van der Waals surface area (Å²) in [6.07, 6.45) is 1.18. The lowest BCUT2D eigenvalue weighted by Crippen LogP contribution is -2.30. The molecule has 1 atom stereocenters. The van der Waals surface area contributed by atoms with E-state index < -0.39 is 5.67 Å². The first-order chi connectivity index (χ1) is 7.18. The van der Waals surface area contributed by atoms with Gasteiger partial charge in [-0.1, -0.05) is 31.5 Å². The molecule has 1 unspecified atom stereocenters. The monoisotopic (exact) mass is 211 g/mol. The van der Waals surface area contributed by atoms with E-state index in [2.05, 4.69) is 0 Å². The van der Waals surface area contributed by atoms with Crippen LogP contribution < -0.4 is 10.5 Å². The summed E-state index contributed by atoms with van der Waals surface area (Å²) in [7, 11) is 1.54. The standard InChI is InChI=1S/C12H18FNO/c1-3-8-12(13,9-14)10-6-4-5-7-11(10)15-2/h4-7H,3,8-9,14H2,1-2H3. The van der Waals surface area contributed by atoms with E-state index >= 15 is 0 Å². The molecular formula is C12H18FNO. The minimum absolute atomic E-state index is 0.0127. The summed E-state index contributed by atoms with van der Waals surface area (Å²) in [6.45, 7) is 1.93. The lowest BCUT2D eigenvalue weighted by atomic mass is 9.90. The Morgan fingerprint density at radius 1 is 1.40 bits per heavy atom. The van der Waals surface area contributed by atoms with Gasteiger partial charge in [-0.05, 0) is 12.5 Å². The van der Waals surface area contributed by atoms with Gasteiger partial charge in [0.25, 0.3) is 0 Å². The lowest BCUT2D eigenvalue weighted by molar-refractivity contribution is 0.154. The van der Waals surface area contributed by atoms with Crippen LogP contribution in [0.2, 0.25) is 0 Å². The molecule has 0 saturated heterocycles. The fraction of sp³-hybridized carbons (Fsp3) is 0.500. The molecule has 2 N–H and O–H groups in total. The summed E-state index contributed by atoms with van der Waals surface area (Å²) in [5.41, 5.74) is 4.60. The van der Waals surface area contributed by atoms with Crippen LogP contribution in [-0.4, -0.2) is 13.7 Å². The van der Waals surface area contributed by atoms with Gasteiger partial charge in [0.05, 0.1) is 7.11 Å². The topological polar surface area (TPSA) is 35.2 Å². The number of methoxy groups -OCH3 is 1. The van der Waals surface area contributed by atoms with Crippen LogP contribution in [0.15, 0.2) is 24.3 Å². The highest BCUT2D eigenvalue weighted by atomic mass is 19.1. The van der Waals surface area contributed by atoms with Crippen molar-refractivity contribution in [3.63, 3.8) is 0 Å². The Labute approximate surface area is 90.2 Å². The molecule has 0 fully saturated rings. The predicted molar refractivity (Wildman–Crippen MR) is 59.7 cm³/mol. The second-order valence-electron chi connectivity index (χ2n) is 3.62. The average molecular weight is 211 g/mol. The van der Waals surface area contributed by atoms with Crippen molar-refractivity contribution in [2.75, 3.05) is 13.7 Å². The van der Waals surface area contributed by atoms with Crippen LogP contribution in [0.25, 0.3) is 0 Å². The van der Waals surface area contributed by atoms with Crippen LogP contribution in [0.1, 0.15) is 25.3 Å². The second-order valence-corrected chi connectivity index (χ2v) is 3.62. The van der Waals surface area contributed by atoms with E-state index in [0.29, 0.717) is 17.7 Å². The molecule has 0 aliphatic heterocycles. The number of rotatable bonds is 5. The Kier molecular flexibility index (Phi) is 4.09. The minimum Gasteiger partial charge on any atom is -0.496 e. The molecule has 3 heteroatoms. The third-order valence-electron chi connectivity index (χ3n) is 2.56. The average Bonchev–Trinajstić information content (AvgIpc) is 2.29. The number of halogens is 1. The van der Waals surface area contributed by atoms with Gasteiger partial charge in [0, 0.05) is 12.1 Å². The molecule has 1 aromatic rings. The Hall–Kier alpha value is -1.09. The summed E-state index contributed by atoms with van der Waals surface area (Å²) in [5, 5.41) is 0. The summed E-state index contributed by atoms with van der Waals surface area (Å²) < 4.78 is 19.6. The molecule has 0 bridgehead atoms. The van der Waals surface area contributed by atoms with E-state index in [-0.39, 0.29) is 6.54 Å². The number of benzene rings is 1. The zero-order valence-electron chi connectivity index (χ0n) is 9.29. The summed E-state index contributed by atoms with van der Waals surface area (Å²) in [6, 6.07) is 7.12. The molecule has 0 heterocycles. The Bertz CT molecular complexity index is 316. The Morgan fingerprint density at radius 3 is 2.60 bits per heavy atom. The van der Waals surface area contributed by atoms with Gasteiger partial charge in [0.1, 0.15) is 5.75 Å². The predicted octanol–water partition coefficient (Wildman–Crippen LogP) is 2.62. The van der Waals surface area contributed by atoms with Gasteiger partial charge in [-0.15, -0.1) is 0 Å². The highest BCUT2D eigenvalue weighted by Gasteiger charge is 2.32. The van der Waals surface area contributed by atoms with Gasteiger partial charge in [0.15, 0.2) is 5.67 Å². The zero-order chi connectivity index (χ0) is 11.3. The van der Waals surface area contributed by atoms with Crippen molar-refractivity contribution in [3.8, 4) is 5.75 Å². The van der Waals surface area contributed by atoms with Crippen LogP contribution in [0, 0.1) is 0 Å². The van der Waals surface area contributed by atoms with Crippen molar-refractivity contribution >= 4 is 0 Å². The molecule has 0 spiro atoms. The molecule has 1 rings (SSSR count). The maximum atomic E-state index is 14.5. The number of ether oxygens (including phenoxy) is 1. The molecule has 0 radical (unpaired) electrons. The summed E-state index contributed by atoms with van der Waals surface area (Å²) in [4.78, 5) is 0. The van der Waals surface area contributed by atoms with Gasteiger partial charge in [0.2, 0.25) is 0 Å². The van der Waals surface area contributed by atoms with Crippen molar-refractivity contribution in [3.05, 3.63) is 29.8 Å². The SMILES string of the molecule is CCCC(F)(CN)c1ccccc1OC. The maximum Gasteiger partial charge on any atom is 0.151 e. The molecule has 0 amide bonds. The van der Waals surface area contributed by atoms with Crippen molar-refractivity contribution in [1.82, 2.24) is 0 Å². The molecule has 0 saturated carbocycles. The molecule has 0 aliphatic rings. The van der Waals surface area contributed by atoms with Crippen LogP contribution in [-0.2, 0) is 5.67 Å². The van der Waals surface area contributed by atoms with E-state index in [4.69, 9.17) is 10.5 Å². The number of nitrogens with two attached hydrogens (primary N) is 1. The van der Waals surface area contributed by atoms with Crippen LogP contribution >= 0.6 is 0 Å². The highest BCUT2D eigenvalue weighted by Crippen LogP contribution is 2.36. The molecule has 2 nitrogen and oxygen atoms in total. The Morgan fingerprint density at radius 2 is 2.07 bits per heavy atom. The van der Waals surface area contributed by atoms with Crippen molar-refractivity contribution in [2.24, 2.45) is 5.73 Å². The van der Waals surface area contributed by atoms with Gasteiger partial charge < -0.3 is 10.5 Å². The molecular weight excluding hydrogens is 193 g/mol. The van der Waals surface area contributed by atoms with E-state index in [1.807, 2.05) is 13.0 Å². The van der Waals surface area contributed by atoms with Gasteiger partial charge in [-0.2, -0.15) is 0 Å². The Balaban J connectivity index is 3.10. The first-order valence-electron chi connectivity index (χ1n) is 5.20. The fourth-order valence-electron chi connectivity index (χ4n) is 1.76. The van der Waals surface area contributed by atoms with Crippen LogP contribution in [0.4, 0.5) is 4.39 Å². The van der Waals surface area contributed by atoms with Crippen molar-refractivity contribution in [1.29, 1.82) is 0 Å². The fourth-order valence-corrected chi connectivity index (χ4v) is 1.76. The van der Waals surface area contributed by atoms with Crippen LogP contribution in [0.3, 0.4) is 0 Å². The minimum atomic E-state index is -1.47. The summed E-state index contributed by atoms with van der Waals surface area (Å²) in [5.74, 6) is 0.568. The molecule has 15 heavy (non-hydrogen) atoms. The van der Waals surface area contributed by atoms with E-state index in [9.17, 15) is 4.39 Å². The third-order valence-corrected chi connectivity index (χ3v) is 2.56. The molecule has 84 valence electrons.